The predicted octanol–water partition coefficient (Wildman–Crippen LogP) is 6.57. The molecule has 0 fully saturated rings. The first kappa shape index (κ1) is 26.7. The molecule has 0 unspecified atom stereocenters. The predicted molar refractivity (Wildman–Crippen MR) is 156 cm³/mol. The van der Waals surface area contributed by atoms with Crippen molar-refractivity contribution in [3.63, 3.8) is 0 Å². The minimum atomic E-state index is -0.215. The molecule has 204 valence electrons. The van der Waals surface area contributed by atoms with Gasteiger partial charge in [0.05, 0.1) is 35.7 Å². The summed E-state index contributed by atoms with van der Waals surface area (Å²) in [6.07, 6.45) is 1.91. The summed E-state index contributed by atoms with van der Waals surface area (Å²) < 4.78 is 19.1. The van der Waals surface area contributed by atoms with Gasteiger partial charge in [-0.2, -0.15) is 5.10 Å². The van der Waals surface area contributed by atoms with E-state index >= 15 is 0 Å². The van der Waals surface area contributed by atoms with Gasteiger partial charge in [0, 0.05) is 29.9 Å². The second-order valence-electron chi connectivity index (χ2n) is 9.29. The van der Waals surface area contributed by atoms with E-state index in [1.165, 1.54) is 0 Å². The van der Waals surface area contributed by atoms with Gasteiger partial charge >= 0.3 is 0 Å². The van der Waals surface area contributed by atoms with Crippen LogP contribution in [-0.2, 0) is 13.7 Å². The molecule has 0 spiro atoms. The minimum absolute atomic E-state index is 0.215. The van der Waals surface area contributed by atoms with Crippen molar-refractivity contribution in [1.82, 2.24) is 14.8 Å². The molecule has 0 bridgehead atoms. The highest BCUT2D eigenvalue weighted by Gasteiger charge is 2.16. The van der Waals surface area contributed by atoms with E-state index in [0.29, 0.717) is 48.3 Å². The first-order valence-corrected chi connectivity index (χ1v) is 13.3. The van der Waals surface area contributed by atoms with Crippen LogP contribution in [0.5, 0.6) is 17.2 Å². The number of pyridine rings is 1. The zero-order valence-electron chi connectivity index (χ0n) is 23.1. The Morgan fingerprint density at radius 2 is 1.65 bits per heavy atom. The number of aromatic nitrogens is 3. The maximum Gasteiger partial charge on any atom is 0.256 e. The lowest BCUT2D eigenvalue weighted by molar-refractivity contribution is 0.102. The van der Waals surface area contributed by atoms with E-state index in [1.54, 1.807) is 4.68 Å². The number of benzene rings is 3. The summed E-state index contributed by atoms with van der Waals surface area (Å²) in [5.74, 6) is 1.90. The fourth-order valence-electron chi connectivity index (χ4n) is 4.54. The highest BCUT2D eigenvalue weighted by atomic mass is 16.5. The molecule has 5 rings (SSSR count). The topological polar surface area (TPSA) is 87.5 Å². The maximum absolute atomic E-state index is 13.4. The lowest BCUT2D eigenvalue weighted by atomic mass is 10.0. The van der Waals surface area contributed by atoms with Crippen LogP contribution >= 0.6 is 0 Å². The number of fused-ring (bicyclic) bond motifs is 1. The van der Waals surface area contributed by atoms with Crippen LogP contribution in [0.15, 0.2) is 79.0 Å². The van der Waals surface area contributed by atoms with Crippen LogP contribution in [0, 0.1) is 6.92 Å². The molecule has 0 aliphatic heterocycles. The molecule has 8 nitrogen and oxygen atoms in total. The molecule has 8 heteroatoms. The Morgan fingerprint density at radius 3 is 2.38 bits per heavy atom. The number of aryl methyl sites for hydroxylation is 2. The van der Waals surface area contributed by atoms with Crippen molar-refractivity contribution < 1.29 is 19.0 Å². The number of carbonyl (C=O) groups excluding carboxylic acids is 1. The largest absolute Gasteiger partial charge is 0.490 e. The fourth-order valence-corrected chi connectivity index (χ4v) is 4.54. The number of hydrogen-bond donors (Lipinski definition) is 1. The van der Waals surface area contributed by atoms with Crippen molar-refractivity contribution in [3.05, 3.63) is 95.8 Å². The minimum Gasteiger partial charge on any atom is -0.490 e. The number of carbonyl (C=O) groups is 1. The molecule has 5 aromatic rings. The number of nitrogens with one attached hydrogen (secondary N) is 1. The Hall–Kier alpha value is -4.85. The van der Waals surface area contributed by atoms with Crippen molar-refractivity contribution in [2.75, 3.05) is 18.5 Å². The van der Waals surface area contributed by atoms with E-state index < -0.39 is 0 Å². The molecule has 1 N–H and O–H groups in total. The number of hydrogen-bond acceptors (Lipinski definition) is 6. The Kier molecular flexibility index (Phi) is 7.96. The van der Waals surface area contributed by atoms with Crippen LogP contribution in [-0.4, -0.2) is 33.9 Å². The number of para-hydroxylation sites is 1. The molecular formula is C32H32N4O4. The highest BCUT2D eigenvalue weighted by Crippen LogP contribution is 2.30. The number of amides is 1. The Bertz CT molecular complexity index is 1640. The summed E-state index contributed by atoms with van der Waals surface area (Å²) in [4.78, 5) is 18.2. The number of rotatable bonds is 10. The molecule has 2 heterocycles. The van der Waals surface area contributed by atoms with Gasteiger partial charge in [0.1, 0.15) is 12.4 Å². The molecule has 0 radical (unpaired) electrons. The maximum atomic E-state index is 13.4. The summed E-state index contributed by atoms with van der Waals surface area (Å²) in [6.45, 7) is 7.31. The van der Waals surface area contributed by atoms with Gasteiger partial charge in [-0.05, 0) is 74.9 Å². The lowest BCUT2D eigenvalue weighted by Gasteiger charge is -2.13. The normalized spacial score (nSPS) is 10.9. The van der Waals surface area contributed by atoms with Gasteiger partial charge in [-0.3, -0.25) is 9.48 Å². The van der Waals surface area contributed by atoms with Gasteiger partial charge < -0.3 is 19.5 Å². The van der Waals surface area contributed by atoms with Crippen LogP contribution in [0.3, 0.4) is 0 Å². The molecule has 2 aromatic heterocycles. The van der Waals surface area contributed by atoms with Gasteiger partial charge in [-0.1, -0.05) is 24.3 Å². The second kappa shape index (κ2) is 11.9. The zero-order chi connectivity index (χ0) is 28.1. The summed E-state index contributed by atoms with van der Waals surface area (Å²) in [7, 11) is 1.87. The van der Waals surface area contributed by atoms with Crippen molar-refractivity contribution in [3.8, 4) is 28.5 Å². The average molecular weight is 537 g/mol. The average Bonchev–Trinajstić information content (AvgIpc) is 3.31. The zero-order valence-corrected chi connectivity index (χ0v) is 23.1. The second-order valence-corrected chi connectivity index (χ2v) is 9.29. The standard InChI is InChI=1S/C32H32N4O4/c1-5-38-30-16-11-22(17-31(30)39-6-2)20-40-24-14-12-23(13-15-24)33-32(37)26-18-29(27-19-36(4)35-21(27)3)34-28-10-8-7-9-25(26)28/h7-19H,5-6,20H2,1-4H3,(H,33,37). The van der Waals surface area contributed by atoms with Crippen LogP contribution in [0.2, 0.25) is 0 Å². The molecule has 3 aromatic carbocycles. The number of anilines is 1. The van der Waals surface area contributed by atoms with Gasteiger partial charge in [-0.25, -0.2) is 4.98 Å². The monoisotopic (exact) mass is 536 g/mol. The van der Waals surface area contributed by atoms with Crippen LogP contribution < -0.4 is 19.5 Å². The van der Waals surface area contributed by atoms with Crippen molar-refractivity contribution in [2.24, 2.45) is 7.05 Å². The van der Waals surface area contributed by atoms with E-state index in [9.17, 15) is 4.79 Å². The van der Waals surface area contributed by atoms with Crippen LogP contribution in [0.25, 0.3) is 22.2 Å². The third-order valence-electron chi connectivity index (χ3n) is 6.38. The van der Waals surface area contributed by atoms with Crippen LogP contribution in [0.1, 0.15) is 35.5 Å². The fraction of sp³-hybridized carbons (Fsp3) is 0.219. The SMILES string of the molecule is CCOc1ccc(COc2ccc(NC(=O)c3cc(-c4cn(C)nc4C)nc4ccccc34)cc2)cc1OCC. The van der Waals surface area contributed by atoms with Crippen molar-refractivity contribution >= 4 is 22.5 Å². The summed E-state index contributed by atoms with van der Waals surface area (Å²) >= 11 is 0. The van der Waals surface area contributed by atoms with E-state index in [2.05, 4.69) is 10.4 Å². The van der Waals surface area contributed by atoms with Gasteiger partial charge in [0.25, 0.3) is 5.91 Å². The first-order valence-electron chi connectivity index (χ1n) is 13.3. The smallest absolute Gasteiger partial charge is 0.256 e. The molecular weight excluding hydrogens is 504 g/mol. The Morgan fingerprint density at radius 1 is 0.900 bits per heavy atom. The molecule has 1 amide bonds. The summed E-state index contributed by atoms with van der Waals surface area (Å²) in [5.41, 5.74) is 5.38. The highest BCUT2D eigenvalue weighted by molar-refractivity contribution is 6.13. The third-order valence-corrected chi connectivity index (χ3v) is 6.38. The quantitative estimate of drug-likeness (QED) is 0.217. The van der Waals surface area contributed by atoms with E-state index in [4.69, 9.17) is 19.2 Å². The van der Waals surface area contributed by atoms with Gasteiger partial charge in [0.15, 0.2) is 11.5 Å². The molecule has 0 saturated carbocycles. The van der Waals surface area contributed by atoms with E-state index in [-0.39, 0.29) is 5.91 Å². The summed E-state index contributed by atoms with van der Waals surface area (Å²) in [5, 5.41) is 8.23. The van der Waals surface area contributed by atoms with E-state index in [0.717, 1.165) is 33.5 Å². The van der Waals surface area contributed by atoms with Crippen molar-refractivity contribution in [1.29, 1.82) is 0 Å². The molecule has 0 atom stereocenters. The molecule has 40 heavy (non-hydrogen) atoms. The molecule has 0 aliphatic carbocycles. The van der Waals surface area contributed by atoms with Gasteiger partial charge in [0.2, 0.25) is 0 Å². The van der Waals surface area contributed by atoms with Crippen molar-refractivity contribution in [2.45, 2.75) is 27.4 Å². The molecule has 0 aliphatic rings. The van der Waals surface area contributed by atoms with Crippen LogP contribution in [0.4, 0.5) is 5.69 Å². The van der Waals surface area contributed by atoms with E-state index in [1.807, 2.05) is 107 Å². The van der Waals surface area contributed by atoms with Gasteiger partial charge in [-0.15, -0.1) is 0 Å². The Labute approximate surface area is 233 Å². The Balaban J connectivity index is 1.30. The number of ether oxygens (including phenoxy) is 3. The summed E-state index contributed by atoms with van der Waals surface area (Å²) in [6, 6.07) is 22.6. The third kappa shape index (κ3) is 5.91. The first-order chi connectivity index (χ1) is 19.4. The number of nitrogens with zero attached hydrogens (tertiary/aromatic N) is 3. The lowest BCUT2D eigenvalue weighted by Crippen LogP contribution is -2.13. The molecule has 0 saturated heterocycles.